The summed E-state index contributed by atoms with van der Waals surface area (Å²) < 4.78 is 10.6. The molecule has 1 aliphatic heterocycles. The molecule has 0 radical (unpaired) electrons. The van der Waals surface area contributed by atoms with Crippen molar-refractivity contribution in [1.82, 2.24) is 0 Å². The van der Waals surface area contributed by atoms with E-state index in [0.717, 1.165) is 12.8 Å². The lowest BCUT2D eigenvalue weighted by atomic mass is 10.1. The molecule has 0 saturated heterocycles. The van der Waals surface area contributed by atoms with E-state index < -0.39 is 22.8 Å². The van der Waals surface area contributed by atoms with E-state index in [1.54, 1.807) is 12.1 Å². The molecule has 1 heterocycles. The molecule has 1 aromatic carbocycles. The molecule has 0 aliphatic carbocycles. The normalized spacial score (nSPS) is 16.7. The van der Waals surface area contributed by atoms with Crippen LogP contribution in [0, 0.1) is 10.1 Å². The summed E-state index contributed by atoms with van der Waals surface area (Å²) in [5.41, 5.74) is 0.434. The summed E-state index contributed by atoms with van der Waals surface area (Å²) in [4.78, 5) is 37.6. The summed E-state index contributed by atoms with van der Waals surface area (Å²) in [6.45, 7) is 4.13. The van der Waals surface area contributed by atoms with Crippen molar-refractivity contribution in [3.63, 3.8) is 0 Å². The number of carbonyl (C=O) groups excluding carboxylic acids is 2. The van der Waals surface area contributed by atoms with Gasteiger partial charge < -0.3 is 9.47 Å². The van der Waals surface area contributed by atoms with E-state index in [1.807, 2.05) is 0 Å². The monoisotopic (exact) mass is 346 g/mol. The zero-order valence-corrected chi connectivity index (χ0v) is 13.9. The third-order valence-corrected chi connectivity index (χ3v) is 3.42. The maximum atomic E-state index is 12.2. The van der Waals surface area contributed by atoms with Gasteiger partial charge in [-0.05, 0) is 37.6 Å². The number of ether oxygens (including phenoxy) is 2. The van der Waals surface area contributed by atoms with E-state index in [4.69, 9.17) is 9.47 Å². The first-order valence-corrected chi connectivity index (χ1v) is 7.81. The zero-order valence-electron chi connectivity index (χ0n) is 13.9. The molecule has 0 N–H and O–H groups in total. The number of nitro groups is 1. The topological polar surface area (TPSA) is 108 Å². The van der Waals surface area contributed by atoms with Crippen molar-refractivity contribution in [2.24, 2.45) is 4.99 Å². The average Bonchev–Trinajstić information content (AvgIpc) is 2.54. The Hall–Kier alpha value is -3.03. The van der Waals surface area contributed by atoms with Crippen LogP contribution >= 0.6 is 0 Å². The van der Waals surface area contributed by atoms with Crippen LogP contribution in [0.5, 0.6) is 5.75 Å². The van der Waals surface area contributed by atoms with Crippen LogP contribution in [0.4, 0.5) is 0 Å². The number of dihydropyridines is 1. The minimum atomic E-state index is -1.80. The van der Waals surface area contributed by atoms with Gasteiger partial charge in [0.2, 0.25) is 0 Å². The molecular weight excluding hydrogens is 328 g/mol. The molecule has 1 aliphatic rings. The molecule has 0 saturated carbocycles. The lowest BCUT2D eigenvalue weighted by molar-refractivity contribution is -0.501. The van der Waals surface area contributed by atoms with Crippen molar-refractivity contribution in [2.45, 2.75) is 32.7 Å². The number of unbranched alkanes of at least 4 members (excludes halogenated alkanes) is 1. The Bertz CT molecular complexity index is 736. The van der Waals surface area contributed by atoms with Crippen LogP contribution in [0.25, 0.3) is 0 Å². The molecule has 0 bridgehead atoms. The number of rotatable bonds is 7. The first-order chi connectivity index (χ1) is 11.9. The van der Waals surface area contributed by atoms with E-state index in [0.29, 0.717) is 12.4 Å². The van der Waals surface area contributed by atoms with Crippen molar-refractivity contribution >= 4 is 17.6 Å². The minimum Gasteiger partial charge on any atom is -0.494 e. The van der Waals surface area contributed by atoms with Gasteiger partial charge >= 0.3 is 17.9 Å². The Morgan fingerprint density at radius 3 is 2.60 bits per heavy atom. The summed E-state index contributed by atoms with van der Waals surface area (Å²) in [6.07, 6.45) is 3.16. The Balaban J connectivity index is 2.09. The van der Waals surface area contributed by atoms with Gasteiger partial charge in [0.15, 0.2) is 5.76 Å². The number of benzene rings is 1. The summed E-state index contributed by atoms with van der Waals surface area (Å²) in [6, 6.07) is 4.42. The van der Waals surface area contributed by atoms with Crippen molar-refractivity contribution in [2.75, 3.05) is 6.61 Å². The second kappa shape index (κ2) is 8.18. The van der Waals surface area contributed by atoms with Crippen molar-refractivity contribution in [1.29, 1.82) is 0 Å². The largest absolute Gasteiger partial charge is 0.494 e. The van der Waals surface area contributed by atoms with Crippen molar-refractivity contribution in [3.05, 3.63) is 51.8 Å². The van der Waals surface area contributed by atoms with Gasteiger partial charge in [-0.15, -0.1) is 0 Å². The SMILES string of the molecule is CCCCOc1ccc(C(=O)OC2=CC(C)=NC(=O)C2[N+](=O)[O-])cc1. The maximum absolute atomic E-state index is 12.2. The van der Waals surface area contributed by atoms with Gasteiger partial charge in [-0.2, -0.15) is 0 Å². The van der Waals surface area contributed by atoms with Crippen LogP contribution in [0.3, 0.4) is 0 Å². The molecule has 8 nitrogen and oxygen atoms in total. The van der Waals surface area contributed by atoms with E-state index in [2.05, 4.69) is 11.9 Å². The summed E-state index contributed by atoms with van der Waals surface area (Å²) in [7, 11) is 0. The highest BCUT2D eigenvalue weighted by Gasteiger charge is 2.39. The van der Waals surface area contributed by atoms with Gasteiger partial charge in [0, 0.05) is 16.7 Å². The molecule has 0 aromatic heterocycles. The van der Waals surface area contributed by atoms with Gasteiger partial charge in [0.1, 0.15) is 5.75 Å². The zero-order chi connectivity index (χ0) is 18.4. The van der Waals surface area contributed by atoms with Crippen LogP contribution in [-0.4, -0.2) is 35.2 Å². The number of aliphatic imine (C=N–C) groups is 1. The van der Waals surface area contributed by atoms with Gasteiger partial charge in [-0.25, -0.2) is 9.79 Å². The Kier molecular flexibility index (Phi) is 5.99. The number of allylic oxidation sites excluding steroid dienone is 1. The van der Waals surface area contributed by atoms with Crippen LogP contribution in [0.2, 0.25) is 0 Å². The predicted octanol–water partition coefficient (Wildman–Crippen LogP) is 2.55. The number of hydrogen-bond donors (Lipinski definition) is 0. The van der Waals surface area contributed by atoms with E-state index in [1.165, 1.54) is 25.1 Å². The number of hydrogen-bond acceptors (Lipinski definition) is 6. The van der Waals surface area contributed by atoms with E-state index in [-0.39, 0.29) is 17.0 Å². The van der Waals surface area contributed by atoms with Crippen LogP contribution in [0.1, 0.15) is 37.0 Å². The molecule has 0 fully saturated rings. The average molecular weight is 346 g/mol. The number of carbonyl (C=O) groups is 2. The minimum absolute atomic E-state index is 0.193. The molecule has 0 spiro atoms. The van der Waals surface area contributed by atoms with E-state index >= 15 is 0 Å². The van der Waals surface area contributed by atoms with Crippen LogP contribution < -0.4 is 4.74 Å². The quantitative estimate of drug-likeness (QED) is 0.325. The fourth-order valence-corrected chi connectivity index (χ4v) is 2.14. The first kappa shape index (κ1) is 18.3. The molecule has 2 rings (SSSR count). The molecular formula is C17H18N2O6. The summed E-state index contributed by atoms with van der Waals surface area (Å²) >= 11 is 0. The van der Waals surface area contributed by atoms with Crippen LogP contribution in [0.15, 0.2) is 41.1 Å². The maximum Gasteiger partial charge on any atom is 0.348 e. The lowest BCUT2D eigenvalue weighted by Gasteiger charge is -2.14. The molecule has 1 aromatic rings. The van der Waals surface area contributed by atoms with Crippen molar-refractivity contribution < 1.29 is 24.0 Å². The van der Waals surface area contributed by atoms with Gasteiger partial charge in [-0.1, -0.05) is 13.3 Å². The highest BCUT2D eigenvalue weighted by atomic mass is 16.6. The first-order valence-electron chi connectivity index (χ1n) is 7.81. The second-order valence-electron chi connectivity index (χ2n) is 5.44. The summed E-state index contributed by atoms with van der Waals surface area (Å²) in [5, 5.41) is 11.0. The van der Waals surface area contributed by atoms with Gasteiger partial charge in [0.05, 0.1) is 12.2 Å². The number of amides is 1. The third kappa shape index (κ3) is 4.72. The van der Waals surface area contributed by atoms with Gasteiger partial charge in [-0.3, -0.25) is 14.9 Å². The molecule has 25 heavy (non-hydrogen) atoms. The highest BCUT2D eigenvalue weighted by Crippen LogP contribution is 2.19. The van der Waals surface area contributed by atoms with Gasteiger partial charge in [0.25, 0.3) is 0 Å². The fourth-order valence-electron chi connectivity index (χ4n) is 2.14. The lowest BCUT2D eigenvalue weighted by Crippen LogP contribution is -2.35. The third-order valence-electron chi connectivity index (χ3n) is 3.42. The predicted molar refractivity (Wildman–Crippen MR) is 89.2 cm³/mol. The Morgan fingerprint density at radius 2 is 2.00 bits per heavy atom. The number of esters is 1. The molecule has 1 amide bonds. The standard InChI is InChI=1S/C17H18N2O6/c1-3-4-9-24-13-7-5-12(6-8-13)17(21)25-14-10-11(2)18-16(20)15(14)19(22)23/h5-8,10,15H,3-4,9H2,1-2H3. The Morgan fingerprint density at radius 1 is 1.32 bits per heavy atom. The fraction of sp³-hybridized carbons (Fsp3) is 0.353. The molecule has 132 valence electrons. The van der Waals surface area contributed by atoms with Crippen LogP contribution in [-0.2, 0) is 9.53 Å². The molecule has 8 heteroatoms. The smallest absolute Gasteiger partial charge is 0.348 e. The highest BCUT2D eigenvalue weighted by molar-refractivity contribution is 6.06. The number of nitrogens with zero attached hydrogens (tertiary/aromatic N) is 2. The van der Waals surface area contributed by atoms with Crippen molar-refractivity contribution in [3.8, 4) is 5.75 Å². The summed E-state index contributed by atoms with van der Waals surface area (Å²) in [5.74, 6) is -1.48. The second-order valence-corrected chi connectivity index (χ2v) is 5.44. The van der Waals surface area contributed by atoms with E-state index in [9.17, 15) is 19.7 Å². The molecule has 1 atom stereocenters. The molecule has 1 unspecified atom stereocenters. The Labute approximate surface area is 144 Å².